The molecule has 0 bridgehead atoms. The first-order chi connectivity index (χ1) is 9.63. The van der Waals surface area contributed by atoms with E-state index in [1.165, 1.54) is 41.8 Å². The maximum absolute atomic E-state index is 12.1. The van der Waals surface area contributed by atoms with Crippen LogP contribution < -0.4 is 10.9 Å². The topological polar surface area (TPSA) is 76.9 Å². The molecule has 0 spiro atoms. The van der Waals surface area contributed by atoms with Gasteiger partial charge < -0.3 is 0 Å². The molecule has 0 aliphatic heterocycles. The number of nitrogens with one attached hydrogen (secondary N) is 1. The number of aromatic nitrogens is 3. The van der Waals surface area contributed by atoms with Crippen LogP contribution in [0.25, 0.3) is 0 Å². The second-order valence-corrected chi connectivity index (χ2v) is 5.81. The molecule has 2 heterocycles. The van der Waals surface area contributed by atoms with Crippen LogP contribution in [0.3, 0.4) is 0 Å². The fourth-order valence-electron chi connectivity index (χ4n) is 2.19. The minimum atomic E-state index is -0.341. The summed E-state index contributed by atoms with van der Waals surface area (Å²) in [5.74, 6) is -0.341. The SMILES string of the molecule is Cn1nc(C(=O)Nc2nc3c(s2)CCCC3)ccc1=O. The van der Waals surface area contributed by atoms with E-state index in [1.807, 2.05) is 0 Å². The third kappa shape index (κ3) is 2.49. The predicted molar refractivity (Wildman–Crippen MR) is 76.2 cm³/mol. The number of aryl methyl sites for hydroxylation is 3. The van der Waals surface area contributed by atoms with Gasteiger partial charge in [0.2, 0.25) is 0 Å². The molecule has 1 N–H and O–H groups in total. The molecule has 1 aliphatic rings. The zero-order chi connectivity index (χ0) is 14.1. The number of carbonyl (C=O) groups excluding carboxylic acids is 1. The first kappa shape index (κ1) is 13.0. The number of amides is 1. The minimum Gasteiger partial charge on any atom is -0.296 e. The molecule has 0 saturated carbocycles. The van der Waals surface area contributed by atoms with Gasteiger partial charge in [-0.05, 0) is 31.7 Å². The molecule has 0 fully saturated rings. The van der Waals surface area contributed by atoms with Gasteiger partial charge in [0.1, 0.15) is 5.69 Å². The van der Waals surface area contributed by atoms with E-state index in [0.29, 0.717) is 5.13 Å². The Kier molecular flexibility index (Phi) is 3.35. The normalized spacial score (nSPS) is 13.8. The van der Waals surface area contributed by atoms with Crippen LogP contribution in [0.5, 0.6) is 0 Å². The summed E-state index contributed by atoms with van der Waals surface area (Å²) in [6.07, 6.45) is 4.37. The molecular formula is C13H14N4O2S. The van der Waals surface area contributed by atoms with Gasteiger partial charge in [0.05, 0.1) is 5.69 Å². The maximum atomic E-state index is 12.1. The average Bonchev–Trinajstić information content (AvgIpc) is 2.83. The second-order valence-electron chi connectivity index (χ2n) is 4.73. The second kappa shape index (κ2) is 5.16. The van der Waals surface area contributed by atoms with Crippen LogP contribution in [0.1, 0.15) is 33.9 Å². The number of nitrogens with zero attached hydrogens (tertiary/aromatic N) is 3. The Morgan fingerprint density at radius 3 is 2.90 bits per heavy atom. The number of rotatable bonds is 2. The first-order valence-corrected chi connectivity index (χ1v) is 7.29. The third-order valence-electron chi connectivity index (χ3n) is 3.26. The largest absolute Gasteiger partial charge is 0.296 e. The zero-order valence-corrected chi connectivity index (χ0v) is 11.9. The van der Waals surface area contributed by atoms with E-state index in [1.54, 1.807) is 0 Å². The van der Waals surface area contributed by atoms with E-state index in [4.69, 9.17) is 0 Å². The number of anilines is 1. The zero-order valence-electron chi connectivity index (χ0n) is 11.0. The fraction of sp³-hybridized carbons (Fsp3) is 0.385. The van der Waals surface area contributed by atoms with Crippen molar-refractivity contribution >= 4 is 22.4 Å². The summed E-state index contributed by atoms with van der Waals surface area (Å²) < 4.78 is 1.14. The summed E-state index contributed by atoms with van der Waals surface area (Å²) in [6, 6.07) is 2.75. The summed E-state index contributed by atoms with van der Waals surface area (Å²) in [5, 5.41) is 7.28. The van der Waals surface area contributed by atoms with Gasteiger partial charge in [-0.3, -0.25) is 14.9 Å². The Bertz CT molecular complexity index is 696. The summed E-state index contributed by atoms with van der Waals surface area (Å²) in [6.45, 7) is 0. The summed E-state index contributed by atoms with van der Waals surface area (Å²) in [7, 11) is 1.52. The van der Waals surface area contributed by atoms with Crippen LogP contribution in [0, 0.1) is 0 Å². The highest BCUT2D eigenvalue weighted by molar-refractivity contribution is 7.15. The Morgan fingerprint density at radius 2 is 2.15 bits per heavy atom. The van der Waals surface area contributed by atoms with E-state index in [0.717, 1.165) is 29.6 Å². The number of fused-ring (bicyclic) bond motifs is 1. The average molecular weight is 290 g/mol. The van der Waals surface area contributed by atoms with Crippen LogP contribution >= 0.6 is 11.3 Å². The van der Waals surface area contributed by atoms with Gasteiger partial charge >= 0.3 is 0 Å². The van der Waals surface area contributed by atoms with E-state index < -0.39 is 0 Å². The lowest BCUT2D eigenvalue weighted by molar-refractivity contribution is 0.102. The monoisotopic (exact) mass is 290 g/mol. The first-order valence-electron chi connectivity index (χ1n) is 6.48. The quantitative estimate of drug-likeness (QED) is 0.906. The molecule has 1 aliphatic carbocycles. The van der Waals surface area contributed by atoms with Gasteiger partial charge in [-0.15, -0.1) is 11.3 Å². The summed E-state index contributed by atoms with van der Waals surface area (Å²) in [4.78, 5) is 29.0. The molecule has 2 aromatic heterocycles. The Hall–Kier alpha value is -2.02. The van der Waals surface area contributed by atoms with Crippen LogP contribution in [0.4, 0.5) is 5.13 Å². The number of carbonyl (C=O) groups is 1. The highest BCUT2D eigenvalue weighted by atomic mass is 32.1. The number of thiazole rings is 1. The summed E-state index contributed by atoms with van der Waals surface area (Å²) >= 11 is 1.53. The number of hydrogen-bond donors (Lipinski definition) is 1. The highest BCUT2D eigenvalue weighted by Crippen LogP contribution is 2.29. The van der Waals surface area contributed by atoms with Crippen molar-refractivity contribution in [3.05, 3.63) is 38.8 Å². The smallest absolute Gasteiger partial charge is 0.277 e. The van der Waals surface area contributed by atoms with Gasteiger partial charge in [-0.1, -0.05) is 0 Å². The lowest BCUT2D eigenvalue weighted by atomic mass is 10.0. The van der Waals surface area contributed by atoms with Gasteiger partial charge in [0.15, 0.2) is 5.13 Å². The Morgan fingerprint density at radius 1 is 1.35 bits per heavy atom. The summed E-state index contributed by atoms with van der Waals surface area (Å²) in [5.41, 5.74) is 1.07. The van der Waals surface area contributed by atoms with Crippen molar-refractivity contribution in [2.75, 3.05) is 5.32 Å². The van der Waals surface area contributed by atoms with Crippen molar-refractivity contribution in [1.82, 2.24) is 14.8 Å². The fourth-order valence-corrected chi connectivity index (χ4v) is 3.23. The molecule has 1 amide bonds. The van der Waals surface area contributed by atoms with Crippen molar-refractivity contribution in [2.24, 2.45) is 7.05 Å². The number of hydrogen-bond acceptors (Lipinski definition) is 5. The highest BCUT2D eigenvalue weighted by Gasteiger charge is 2.17. The van der Waals surface area contributed by atoms with Crippen LogP contribution in [-0.4, -0.2) is 20.7 Å². The van der Waals surface area contributed by atoms with Gasteiger partial charge in [0.25, 0.3) is 11.5 Å². The van der Waals surface area contributed by atoms with Gasteiger partial charge in [-0.25, -0.2) is 9.67 Å². The third-order valence-corrected chi connectivity index (χ3v) is 4.33. The van der Waals surface area contributed by atoms with E-state index in [9.17, 15) is 9.59 Å². The molecule has 6 nitrogen and oxygen atoms in total. The minimum absolute atomic E-state index is 0.209. The molecule has 2 aromatic rings. The van der Waals surface area contributed by atoms with Crippen LogP contribution in [0.2, 0.25) is 0 Å². The molecule has 20 heavy (non-hydrogen) atoms. The molecule has 0 saturated heterocycles. The van der Waals surface area contributed by atoms with E-state index in [-0.39, 0.29) is 17.2 Å². The van der Waals surface area contributed by atoms with Gasteiger partial charge in [0, 0.05) is 18.0 Å². The van der Waals surface area contributed by atoms with Crippen molar-refractivity contribution < 1.29 is 4.79 Å². The predicted octanol–water partition coefficient (Wildman–Crippen LogP) is 1.37. The molecule has 0 unspecified atom stereocenters. The molecule has 0 aromatic carbocycles. The van der Waals surface area contributed by atoms with E-state index in [2.05, 4.69) is 15.4 Å². The Labute approximate surface area is 119 Å². The van der Waals surface area contributed by atoms with Gasteiger partial charge in [-0.2, -0.15) is 5.10 Å². The lowest BCUT2D eigenvalue weighted by Crippen LogP contribution is -2.23. The van der Waals surface area contributed by atoms with Crippen molar-refractivity contribution in [3.63, 3.8) is 0 Å². The van der Waals surface area contributed by atoms with Crippen molar-refractivity contribution in [1.29, 1.82) is 0 Å². The molecule has 104 valence electrons. The van der Waals surface area contributed by atoms with E-state index >= 15 is 0 Å². The van der Waals surface area contributed by atoms with Crippen molar-refractivity contribution in [3.8, 4) is 0 Å². The molecular weight excluding hydrogens is 276 g/mol. The lowest BCUT2D eigenvalue weighted by Gasteiger charge is -2.06. The molecule has 0 radical (unpaired) electrons. The standard InChI is InChI=1S/C13H14N4O2S/c1-17-11(18)7-6-9(16-17)12(19)15-13-14-8-4-2-3-5-10(8)20-13/h6-7H,2-5H2,1H3,(H,14,15,19). The van der Waals surface area contributed by atoms with Crippen LogP contribution in [0.15, 0.2) is 16.9 Å². The Balaban J connectivity index is 1.80. The molecule has 7 heteroatoms. The maximum Gasteiger partial charge on any atom is 0.277 e. The molecule has 3 rings (SSSR count). The van der Waals surface area contributed by atoms with Crippen molar-refractivity contribution in [2.45, 2.75) is 25.7 Å². The van der Waals surface area contributed by atoms with Crippen LogP contribution in [-0.2, 0) is 19.9 Å². The molecule has 0 atom stereocenters.